The summed E-state index contributed by atoms with van der Waals surface area (Å²) in [6, 6.07) is 4.18. The molecule has 0 radical (unpaired) electrons. The van der Waals surface area contributed by atoms with Gasteiger partial charge in [-0.3, -0.25) is 4.79 Å². The predicted octanol–water partition coefficient (Wildman–Crippen LogP) is 0.575. The minimum atomic E-state index is -0.654. The van der Waals surface area contributed by atoms with E-state index in [0.29, 0.717) is 13.2 Å². The van der Waals surface area contributed by atoms with Crippen LogP contribution in [0.2, 0.25) is 0 Å². The molecule has 0 spiro atoms. The first-order valence-corrected chi connectivity index (χ1v) is 4.88. The van der Waals surface area contributed by atoms with E-state index in [-0.39, 0.29) is 18.3 Å². The lowest BCUT2D eigenvalue weighted by atomic mass is 10.3. The van der Waals surface area contributed by atoms with Gasteiger partial charge in [0.1, 0.15) is 5.82 Å². The summed E-state index contributed by atoms with van der Waals surface area (Å²) in [5.74, 6) is -0.851. The third-order valence-corrected chi connectivity index (χ3v) is 2.07. The van der Waals surface area contributed by atoms with E-state index >= 15 is 0 Å². The van der Waals surface area contributed by atoms with Crippen molar-refractivity contribution in [2.75, 3.05) is 25.1 Å². The fourth-order valence-corrected chi connectivity index (χ4v) is 1.32. The molecule has 1 aliphatic heterocycles. The zero-order valence-electron chi connectivity index (χ0n) is 8.48. The number of rotatable bonds is 2. The summed E-state index contributed by atoms with van der Waals surface area (Å²) >= 11 is 0. The van der Waals surface area contributed by atoms with Crippen LogP contribution in [0.1, 0.15) is 0 Å². The van der Waals surface area contributed by atoms with Crippen molar-refractivity contribution in [3.8, 4) is 0 Å². The molecule has 1 unspecified atom stereocenters. The van der Waals surface area contributed by atoms with Crippen molar-refractivity contribution in [1.29, 1.82) is 0 Å². The van der Waals surface area contributed by atoms with Crippen LogP contribution in [-0.4, -0.2) is 36.8 Å². The summed E-state index contributed by atoms with van der Waals surface area (Å²) in [6.07, 6.45) is -0.654. The summed E-state index contributed by atoms with van der Waals surface area (Å²) < 4.78 is 23.0. The maximum atomic E-state index is 12.7. The number of nitrogens with one attached hydrogen (secondary N) is 1. The molecule has 16 heavy (non-hydrogen) atoms. The molecule has 1 aliphatic rings. The number of aromatic nitrogens is 1. The number of hydrogen-bond acceptors (Lipinski definition) is 4. The molecule has 0 aliphatic carbocycles. The first kappa shape index (κ1) is 11.0. The topological polar surface area (TPSA) is 60.5 Å². The highest BCUT2D eigenvalue weighted by atomic mass is 19.1. The van der Waals surface area contributed by atoms with Crippen LogP contribution in [0.5, 0.6) is 0 Å². The van der Waals surface area contributed by atoms with Crippen LogP contribution in [0.25, 0.3) is 0 Å². The molecule has 1 N–H and O–H groups in total. The number of ether oxygens (including phenoxy) is 2. The minimum Gasteiger partial charge on any atom is -0.376 e. The average molecular weight is 226 g/mol. The highest BCUT2D eigenvalue weighted by Gasteiger charge is 2.22. The van der Waals surface area contributed by atoms with E-state index in [1.165, 1.54) is 18.2 Å². The Hall–Kier alpha value is -1.53. The summed E-state index contributed by atoms with van der Waals surface area (Å²) in [5.41, 5.74) is 0. The van der Waals surface area contributed by atoms with Gasteiger partial charge < -0.3 is 14.8 Å². The van der Waals surface area contributed by atoms with Crippen molar-refractivity contribution in [2.24, 2.45) is 0 Å². The zero-order valence-corrected chi connectivity index (χ0v) is 8.48. The Labute approximate surface area is 91.6 Å². The summed E-state index contributed by atoms with van der Waals surface area (Å²) in [7, 11) is 0. The van der Waals surface area contributed by atoms with Crippen LogP contribution in [0.15, 0.2) is 18.2 Å². The summed E-state index contributed by atoms with van der Waals surface area (Å²) in [5, 5.41) is 2.46. The highest BCUT2D eigenvalue weighted by Crippen LogP contribution is 2.07. The molecule has 0 bridgehead atoms. The van der Waals surface area contributed by atoms with Crippen molar-refractivity contribution in [3.63, 3.8) is 0 Å². The Morgan fingerprint density at radius 1 is 1.50 bits per heavy atom. The quantitative estimate of drug-likeness (QED) is 0.749. The van der Waals surface area contributed by atoms with Crippen LogP contribution in [0.3, 0.4) is 0 Å². The Bertz CT molecular complexity index is 380. The molecule has 6 heteroatoms. The molecule has 5 nitrogen and oxygen atoms in total. The average Bonchev–Trinajstić information content (AvgIpc) is 2.30. The van der Waals surface area contributed by atoms with E-state index in [2.05, 4.69) is 10.3 Å². The first-order chi connectivity index (χ1) is 7.75. The van der Waals surface area contributed by atoms with Crippen molar-refractivity contribution in [2.45, 2.75) is 6.10 Å². The summed E-state index contributed by atoms with van der Waals surface area (Å²) in [6.45, 7) is 1.08. The monoisotopic (exact) mass is 226 g/mol. The standard InChI is InChI=1S/C10H11FN2O3/c11-8-2-1-3-9(12-8)13-10(14)7-6-15-4-5-16-7/h1-3,7H,4-6H2,(H,12,13,14). The van der Waals surface area contributed by atoms with Crippen LogP contribution >= 0.6 is 0 Å². The molecule has 1 atom stereocenters. The zero-order chi connectivity index (χ0) is 11.4. The number of anilines is 1. The Morgan fingerprint density at radius 2 is 2.38 bits per heavy atom. The van der Waals surface area contributed by atoms with E-state index in [0.717, 1.165) is 0 Å². The second kappa shape index (κ2) is 5.00. The lowest BCUT2D eigenvalue weighted by Crippen LogP contribution is -2.39. The van der Waals surface area contributed by atoms with Gasteiger partial charge in [-0.25, -0.2) is 4.98 Å². The van der Waals surface area contributed by atoms with Gasteiger partial charge >= 0.3 is 0 Å². The smallest absolute Gasteiger partial charge is 0.257 e. The number of nitrogens with zero attached hydrogens (tertiary/aromatic N) is 1. The molecule has 0 saturated carbocycles. The lowest BCUT2D eigenvalue weighted by Gasteiger charge is -2.21. The number of pyridine rings is 1. The van der Waals surface area contributed by atoms with Gasteiger partial charge in [-0.2, -0.15) is 4.39 Å². The Kier molecular flexibility index (Phi) is 3.43. The second-order valence-electron chi connectivity index (χ2n) is 3.27. The molecule has 1 saturated heterocycles. The molecule has 1 aromatic rings. The maximum Gasteiger partial charge on any atom is 0.257 e. The number of carbonyl (C=O) groups is 1. The number of amides is 1. The number of halogens is 1. The van der Waals surface area contributed by atoms with E-state index < -0.39 is 12.1 Å². The van der Waals surface area contributed by atoms with E-state index in [9.17, 15) is 9.18 Å². The van der Waals surface area contributed by atoms with Gasteiger partial charge in [0.25, 0.3) is 5.91 Å². The molecule has 86 valence electrons. The predicted molar refractivity (Wildman–Crippen MR) is 53.4 cm³/mol. The van der Waals surface area contributed by atoms with Gasteiger partial charge in [0.15, 0.2) is 6.10 Å². The molecule has 1 amide bonds. The van der Waals surface area contributed by atoms with Gasteiger partial charge in [-0.1, -0.05) is 6.07 Å². The molecular formula is C10H11FN2O3. The van der Waals surface area contributed by atoms with Gasteiger partial charge in [-0.05, 0) is 12.1 Å². The van der Waals surface area contributed by atoms with Crippen molar-refractivity contribution >= 4 is 11.7 Å². The first-order valence-electron chi connectivity index (χ1n) is 4.88. The normalized spacial score (nSPS) is 20.4. The fraction of sp³-hybridized carbons (Fsp3) is 0.400. The van der Waals surface area contributed by atoms with Gasteiger partial charge in [0, 0.05) is 0 Å². The van der Waals surface area contributed by atoms with Crippen molar-refractivity contribution in [1.82, 2.24) is 4.98 Å². The third kappa shape index (κ3) is 2.74. The van der Waals surface area contributed by atoms with Crippen LogP contribution in [-0.2, 0) is 14.3 Å². The Morgan fingerprint density at radius 3 is 3.06 bits per heavy atom. The summed E-state index contributed by atoms with van der Waals surface area (Å²) in [4.78, 5) is 15.1. The SMILES string of the molecule is O=C(Nc1cccc(F)n1)C1COCCO1. The molecule has 1 aromatic heterocycles. The lowest BCUT2D eigenvalue weighted by molar-refractivity contribution is -0.142. The van der Waals surface area contributed by atoms with E-state index in [1.807, 2.05) is 0 Å². The third-order valence-electron chi connectivity index (χ3n) is 2.07. The van der Waals surface area contributed by atoms with E-state index in [1.54, 1.807) is 0 Å². The van der Waals surface area contributed by atoms with Gasteiger partial charge in [0.05, 0.1) is 19.8 Å². The van der Waals surface area contributed by atoms with Gasteiger partial charge in [-0.15, -0.1) is 0 Å². The van der Waals surface area contributed by atoms with Crippen LogP contribution in [0, 0.1) is 5.95 Å². The number of hydrogen-bond donors (Lipinski definition) is 1. The molecule has 2 heterocycles. The minimum absolute atomic E-state index is 0.166. The van der Waals surface area contributed by atoms with Crippen molar-refractivity contribution in [3.05, 3.63) is 24.1 Å². The largest absolute Gasteiger partial charge is 0.376 e. The van der Waals surface area contributed by atoms with Crippen LogP contribution < -0.4 is 5.32 Å². The van der Waals surface area contributed by atoms with Crippen LogP contribution in [0.4, 0.5) is 10.2 Å². The fourth-order valence-electron chi connectivity index (χ4n) is 1.32. The second-order valence-corrected chi connectivity index (χ2v) is 3.27. The van der Waals surface area contributed by atoms with Gasteiger partial charge in [0.2, 0.25) is 5.95 Å². The molecular weight excluding hydrogens is 215 g/mol. The molecule has 0 aromatic carbocycles. The maximum absolute atomic E-state index is 12.7. The van der Waals surface area contributed by atoms with Crippen molar-refractivity contribution < 1.29 is 18.7 Å². The Balaban J connectivity index is 1.96. The van der Waals surface area contributed by atoms with E-state index in [4.69, 9.17) is 9.47 Å². The number of carbonyl (C=O) groups excluding carboxylic acids is 1. The molecule has 2 rings (SSSR count). The highest BCUT2D eigenvalue weighted by molar-refractivity contribution is 5.93. The molecule has 1 fully saturated rings.